The molecule has 0 saturated carbocycles. The van der Waals surface area contributed by atoms with Gasteiger partial charge in [-0.1, -0.05) is 12.1 Å². The summed E-state index contributed by atoms with van der Waals surface area (Å²) in [6.07, 6.45) is 5.32. The molecule has 28 heavy (non-hydrogen) atoms. The highest BCUT2D eigenvalue weighted by atomic mass is 19.1. The number of hydrogen-bond acceptors (Lipinski definition) is 5. The van der Waals surface area contributed by atoms with E-state index in [1.165, 1.54) is 12.3 Å². The molecular formula is C21H20FN5O. The maximum absolute atomic E-state index is 13.6. The van der Waals surface area contributed by atoms with Crippen LogP contribution >= 0.6 is 0 Å². The van der Waals surface area contributed by atoms with Gasteiger partial charge in [0.2, 0.25) is 0 Å². The number of phenols is 1. The summed E-state index contributed by atoms with van der Waals surface area (Å²) >= 11 is 0. The zero-order valence-corrected chi connectivity index (χ0v) is 15.4. The zero-order valence-electron chi connectivity index (χ0n) is 15.4. The Labute approximate surface area is 161 Å². The van der Waals surface area contributed by atoms with Gasteiger partial charge in [0.15, 0.2) is 5.65 Å². The SMILES string of the molecule is CCn1cnc2c(NCCc3ccc(O)cc3)cc(-c3cncc(F)c3)nc21. The second-order valence-electron chi connectivity index (χ2n) is 6.49. The van der Waals surface area contributed by atoms with E-state index in [-0.39, 0.29) is 5.75 Å². The van der Waals surface area contributed by atoms with Crippen LogP contribution in [0.15, 0.2) is 55.1 Å². The molecule has 0 atom stereocenters. The number of aromatic nitrogens is 4. The molecule has 0 aliphatic carbocycles. The number of phenolic OH excluding ortho intramolecular Hbond substituents is 1. The summed E-state index contributed by atoms with van der Waals surface area (Å²) in [7, 11) is 0. The number of fused-ring (bicyclic) bond motifs is 1. The van der Waals surface area contributed by atoms with Crippen LogP contribution in [0.25, 0.3) is 22.4 Å². The molecule has 0 aliphatic heterocycles. The molecule has 1 aromatic carbocycles. The molecular weight excluding hydrogens is 357 g/mol. The highest BCUT2D eigenvalue weighted by Crippen LogP contribution is 2.27. The maximum Gasteiger partial charge on any atom is 0.162 e. The Morgan fingerprint density at radius 1 is 1.14 bits per heavy atom. The molecule has 142 valence electrons. The fraction of sp³-hybridized carbons (Fsp3) is 0.190. The van der Waals surface area contributed by atoms with Crippen LogP contribution in [0.3, 0.4) is 0 Å². The lowest BCUT2D eigenvalue weighted by molar-refractivity contribution is 0.475. The molecule has 3 aromatic heterocycles. The second-order valence-corrected chi connectivity index (χ2v) is 6.49. The van der Waals surface area contributed by atoms with Gasteiger partial charge in [0.25, 0.3) is 0 Å². The van der Waals surface area contributed by atoms with Crippen molar-refractivity contribution in [2.45, 2.75) is 19.9 Å². The summed E-state index contributed by atoms with van der Waals surface area (Å²) in [4.78, 5) is 13.1. The van der Waals surface area contributed by atoms with Crippen LogP contribution in [0.2, 0.25) is 0 Å². The molecule has 2 N–H and O–H groups in total. The van der Waals surface area contributed by atoms with Crippen molar-refractivity contribution < 1.29 is 9.50 Å². The summed E-state index contributed by atoms with van der Waals surface area (Å²) in [6, 6.07) is 10.5. The van der Waals surface area contributed by atoms with Crippen LogP contribution < -0.4 is 5.32 Å². The van der Waals surface area contributed by atoms with Crippen molar-refractivity contribution in [1.29, 1.82) is 0 Å². The predicted molar refractivity (Wildman–Crippen MR) is 107 cm³/mol. The molecule has 0 fully saturated rings. The number of imidazole rings is 1. The standard InChI is InChI=1S/C21H20FN5O/c1-2-27-13-25-20-19(24-8-7-14-3-5-17(28)6-4-14)10-18(26-21(20)27)15-9-16(22)12-23-11-15/h3-6,9-13,28H,2,7-8H2,1H3,(H,24,26). The van der Waals surface area contributed by atoms with E-state index < -0.39 is 5.82 Å². The van der Waals surface area contributed by atoms with Gasteiger partial charge in [0, 0.05) is 24.8 Å². The van der Waals surface area contributed by atoms with E-state index in [1.54, 1.807) is 24.7 Å². The lowest BCUT2D eigenvalue weighted by atomic mass is 10.1. The third kappa shape index (κ3) is 3.64. The van der Waals surface area contributed by atoms with Crippen molar-refractivity contribution in [3.05, 3.63) is 66.5 Å². The monoisotopic (exact) mass is 377 g/mol. The molecule has 0 amide bonds. The molecule has 6 nitrogen and oxygen atoms in total. The van der Waals surface area contributed by atoms with Crippen LogP contribution in [0.1, 0.15) is 12.5 Å². The highest BCUT2D eigenvalue weighted by molar-refractivity contribution is 5.89. The zero-order chi connectivity index (χ0) is 19.5. The minimum Gasteiger partial charge on any atom is -0.508 e. The van der Waals surface area contributed by atoms with Gasteiger partial charge in [0.05, 0.1) is 23.9 Å². The number of aryl methyl sites for hydroxylation is 1. The second kappa shape index (κ2) is 7.64. The van der Waals surface area contributed by atoms with Crippen LogP contribution in [-0.2, 0) is 13.0 Å². The summed E-state index contributed by atoms with van der Waals surface area (Å²) in [6.45, 7) is 3.45. The third-order valence-corrected chi connectivity index (χ3v) is 4.58. The molecule has 4 aromatic rings. The minimum atomic E-state index is -0.398. The lowest BCUT2D eigenvalue weighted by Crippen LogP contribution is -2.06. The van der Waals surface area contributed by atoms with Crippen LogP contribution in [0.4, 0.5) is 10.1 Å². The number of halogens is 1. The molecule has 0 unspecified atom stereocenters. The van der Waals surface area contributed by atoms with Gasteiger partial charge in [-0.2, -0.15) is 0 Å². The fourth-order valence-electron chi connectivity index (χ4n) is 3.10. The average molecular weight is 377 g/mol. The summed E-state index contributed by atoms with van der Waals surface area (Å²) in [5.41, 5.74) is 4.74. The smallest absolute Gasteiger partial charge is 0.162 e. The first kappa shape index (κ1) is 17.9. The molecule has 0 bridgehead atoms. The van der Waals surface area contributed by atoms with E-state index in [0.717, 1.165) is 35.4 Å². The van der Waals surface area contributed by atoms with Crippen molar-refractivity contribution in [3.8, 4) is 17.0 Å². The third-order valence-electron chi connectivity index (χ3n) is 4.58. The lowest BCUT2D eigenvalue weighted by Gasteiger charge is -2.11. The van der Waals surface area contributed by atoms with E-state index in [0.29, 0.717) is 17.8 Å². The van der Waals surface area contributed by atoms with Gasteiger partial charge in [0.1, 0.15) is 17.1 Å². The van der Waals surface area contributed by atoms with Crippen LogP contribution in [0, 0.1) is 5.82 Å². The highest BCUT2D eigenvalue weighted by Gasteiger charge is 2.13. The Balaban J connectivity index is 1.65. The molecule has 0 aliphatic rings. The van der Waals surface area contributed by atoms with Crippen molar-refractivity contribution >= 4 is 16.9 Å². The van der Waals surface area contributed by atoms with Crippen molar-refractivity contribution in [1.82, 2.24) is 19.5 Å². The van der Waals surface area contributed by atoms with E-state index >= 15 is 0 Å². The number of hydrogen-bond donors (Lipinski definition) is 2. The number of nitrogens with one attached hydrogen (secondary N) is 1. The number of aromatic hydroxyl groups is 1. The predicted octanol–water partition coefficient (Wildman–Crippen LogP) is 4.01. The van der Waals surface area contributed by atoms with E-state index in [1.807, 2.05) is 29.7 Å². The van der Waals surface area contributed by atoms with Crippen LogP contribution in [-0.4, -0.2) is 31.2 Å². The Hall–Kier alpha value is -3.48. The van der Waals surface area contributed by atoms with Gasteiger partial charge in [-0.3, -0.25) is 4.98 Å². The molecule has 3 heterocycles. The summed E-state index contributed by atoms with van der Waals surface area (Å²) in [5, 5.41) is 12.8. The Bertz CT molecular complexity index is 1110. The molecule has 0 radical (unpaired) electrons. The first-order valence-electron chi connectivity index (χ1n) is 9.12. The van der Waals surface area contributed by atoms with Crippen molar-refractivity contribution in [2.24, 2.45) is 0 Å². The first-order chi connectivity index (χ1) is 13.6. The van der Waals surface area contributed by atoms with Gasteiger partial charge in [-0.15, -0.1) is 0 Å². The maximum atomic E-state index is 13.6. The molecule has 4 rings (SSSR count). The normalized spacial score (nSPS) is 11.1. The Kier molecular flexibility index (Phi) is 4.89. The van der Waals surface area contributed by atoms with Gasteiger partial charge < -0.3 is 15.0 Å². The van der Waals surface area contributed by atoms with Crippen molar-refractivity contribution in [3.63, 3.8) is 0 Å². The number of rotatable bonds is 6. The number of benzene rings is 1. The summed E-state index contributed by atoms with van der Waals surface area (Å²) < 4.78 is 15.6. The van der Waals surface area contributed by atoms with Gasteiger partial charge in [-0.05, 0) is 43.2 Å². The molecule has 0 saturated heterocycles. The van der Waals surface area contributed by atoms with Gasteiger partial charge in [-0.25, -0.2) is 14.4 Å². The molecule has 7 heteroatoms. The number of nitrogens with zero attached hydrogens (tertiary/aromatic N) is 4. The number of anilines is 1. The minimum absolute atomic E-state index is 0.256. The van der Waals surface area contributed by atoms with E-state index in [4.69, 9.17) is 0 Å². The molecule has 0 spiro atoms. The first-order valence-corrected chi connectivity index (χ1v) is 9.12. The van der Waals surface area contributed by atoms with E-state index in [2.05, 4.69) is 20.3 Å². The summed E-state index contributed by atoms with van der Waals surface area (Å²) in [5.74, 6) is -0.142. The quantitative estimate of drug-likeness (QED) is 0.531. The topological polar surface area (TPSA) is 75.9 Å². The Morgan fingerprint density at radius 3 is 2.71 bits per heavy atom. The number of pyridine rings is 2. The van der Waals surface area contributed by atoms with E-state index in [9.17, 15) is 9.50 Å². The Morgan fingerprint density at radius 2 is 1.96 bits per heavy atom. The van der Waals surface area contributed by atoms with Crippen molar-refractivity contribution in [2.75, 3.05) is 11.9 Å². The fourth-order valence-corrected chi connectivity index (χ4v) is 3.10. The largest absolute Gasteiger partial charge is 0.508 e. The van der Waals surface area contributed by atoms with Gasteiger partial charge >= 0.3 is 0 Å². The average Bonchev–Trinajstić information content (AvgIpc) is 3.13. The van der Waals surface area contributed by atoms with Crippen LogP contribution in [0.5, 0.6) is 5.75 Å².